The summed E-state index contributed by atoms with van der Waals surface area (Å²) >= 11 is 0. The SMILES string of the molecule is CC1C=C(c2ccc3c(c2)c2cc(-c4ccccc4)ccc2n3C)C=CC1. The molecule has 0 bridgehead atoms. The number of aryl methyl sites for hydroxylation is 1. The number of hydrogen-bond donors (Lipinski definition) is 0. The summed E-state index contributed by atoms with van der Waals surface area (Å²) in [7, 11) is 2.16. The molecule has 1 heterocycles. The topological polar surface area (TPSA) is 4.93 Å². The third-order valence-corrected chi connectivity index (χ3v) is 5.72. The second-order valence-electron chi connectivity index (χ2n) is 7.63. The van der Waals surface area contributed by atoms with Crippen LogP contribution in [0.3, 0.4) is 0 Å². The molecule has 1 unspecified atom stereocenters. The van der Waals surface area contributed by atoms with Crippen molar-refractivity contribution in [2.75, 3.05) is 0 Å². The second-order valence-corrected chi connectivity index (χ2v) is 7.63. The monoisotopic (exact) mass is 349 g/mol. The first-order valence-corrected chi connectivity index (χ1v) is 9.67. The van der Waals surface area contributed by atoms with Crippen molar-refractivity contribution in [2.24, 2.45) is 13.0 Å². The molecule has 27 heavy (non-hydrogen) atoms. The van der Waals surface area contributed by atoms with Crippen LogP contribution in [-0.4, -0.2) is 4.57 Å². The summed E-state index contributed by atoms with van der Waals surface area (Å²) in [5.41, 5.74) is 7.75. The molecule has 132 valence electrons. The molecule has 1 heteroatoms. The van der Waals surface area contributed by atoms with E-state index in [-0.39, 0.29) is 0 Å². The van der Waals surface area contributed by atoms with E-state index in [4.69, 9.17) is 0 Å². The van der Waals surface area contributed by atoms with Gasteiger partial charge in [-0.2, -0.15) is 0 Å². The van der Waals surface area contributed by atoms with E-state index >= 15 is 0 Å². The van der Waals surface area contributed by atoms with Crippen LogP contribution in [0.4, 0.5) is 0 Å². The summed E-state index contributed by atoms with van der Waals surface area (Å²) in [6.07, 6.45) is 8.09. The van der Waals surface area contributed by atoms with Crippen LogP contribution in [0.5, 0.6) is 0 Å². The zero-order valence-electron chi connectivity index (χ0n) is 15.8. The Morgan fingerprint density at radius 3 is 2.15 bits per heavy atom. The van der Waals surface area contributed by atoms with Gasteiger partial charge in [0.15, 0.2) is 0 Å². The first-order valence-electron chi connectivity index (χ1n) is 9.67. The highest BCUT2D eigenvalue weighted by molar-refractivity contribution is 6.10. The highest BCUT2D eigenvalue weighted by Gasteiger charge is 2.12. The van der Waals surface area contributed by atoms with Crippen molar-refractivity contribution in [3.8, 4) is 11.1 Å². The second kappa shape index (κ2) is 6.28. The molecule has 1 nitrogen and oxygen atoms in total. The van der Waals surface area contributed by atoms with Gasteiger partial charge >= 0.3 is 0 Å². The largest absolute Gasteiger partial charge is 0.344 e. The standard InChI is InChI=1S/C26H23N/c1-18-7-6-10-20(15-18)22-12-14-26-24(17-22)23-16-21(11-13-25(23)27(26)2)19-8-4-3-5-9-19/h3-6,8-18H,7H2,1-2H3. The maximum Gasteiger partial charge on any atom is 0.0489 e. The minimum atomic E-state index is 0.609. The van der Waals surface area contributed by atoms with Crippen LogP contribution in [0.2, 0.25) is 0 Å². The van der Waals surface area contributed by atoms with E-state index in [2.05, 4.69) is 103 Å². The third kappa shape index (κ3) is 2.71. The zero-order chi connectivity index (χ0) is 18.4. The fourth-order valence-corrected chi connectivity index (χ4v) is 4.24. The highest BCUT2D eigenvalue weighted by atomic mass is 14.9. The fourth-order valence-electron chi connectivity index (χ4n) is 4.24. The van der Waals surface area contributed by atoms with E-state index in [1.165, 1.54) is 44.1 Å². The van der Waals surface area contributed by atoms with Crippen molar-refractivity contribution in [1.29, 1.82) is 0 Å². The zero-order valence-corrected chi connectivity index (χ0v) is 15.8. The van der Waals surface area contributed by atoms with Gasteiger partial charge in [0, 0.05) is 28.9 Å². The molecule has 1 aromatic heterocycles. The Bertz CT molecular complexity index is 1210. The predicted octanol–water partition coefficient (Wildman–Crippen LogP) is 6.98. The molecule has 0 radical (unpaired) electrons. The van der Waals surface area contributed by atoms with Crippen molar-refractivity contribution >= 4 is 27.4 Å². The first-order chi connectivity index (χ1) is 13.2. The molecule has 1 aliphatic rings. The molecular formula is C26H23N. The van der Waals surface area contributed by atoms with E-state index < -0.39 is 0 Å². The van der Waals surface area contributed by atoms with Gasteiger partial charge in [-0.15, -0.1) is 0 Å². The van der Waals surface area contributed by atoms with Crippen LogP contribution in [0.1, 0.15) is 18.9 Å². The molecule has 0 fully saturated rings. The molecule has 1 atom stereocenters. The molecule has 0 saturated carbocycles. The van der Waals surface area contributed by atoms with Crippen molar-refractivity contribution in [2.45, 2.75) is 13.3 Å². The third-order valence-electron chi connectivity index (χ3n) is 5.72. The predicted molar refractivity (Wildman–Crippen MR) is 117 cm³/mol. The van der Waals surface area contributed by atoms with E-state index in [0.717, 1.165) is 6.42 Å². The lowest BCUT2D eigenvalue weighted by Gasteiger charge is -2.12. The molecule has 5 rings (SSSR count). The Labute approximate surface area is 160 Å². The number of benzene rings is 3. The molecule has 0 N–H and O–H groups in total. The number of allylic oxidation sites excluding steroid dienone is 4. The van der Waals surface area contributed by atoms with Crippen molar-refractivity contribution < 1.29 is 0 Å². The quantitative estimate of drug-likeness (QED) is 0.368. The van der Waals surface area contributed by atoms with Crippen LogP contribution in [0.25, 0.3) is 38.5 Å². The molecule has 0 aliphatic heterocycles. The maximum atomic E-state index is 2.39. The number of rotatable bonds is 2. The average molecular weight is 349 g/mol. The summed E-state index contributed by atoms with van der Waals surface area (Å²) in [5.74, 6) is 0.609. The van der Waals surface area contributed by atoms with Crippen molar-refractivity contribution in [3.05, 3.63) is 90.5 Å². The van der Waals surface area contributed by atoms with Crippen LogP contribution in [-0.2, 0) is 7.05 Å². The molecule has 0 spiro atoms. The van der Waals surface area contributed by atoms with E-state index in [0.29, 0.717) is 5.92 Å². The Morgan fingerprint density at radius 1 is 0.778 bits per heavy atom. The van der Waals surface area contributed by atoms with Gasteiger partial charge in [-0.3, -0.25) is 0 Å². The Balaban J connectivity index is 1.73. The number of hydrogen-bond acceptors (Lipinski definition) is 0. The lowest BCUT2D eigenvalue weighted by Crippen LogP contribution is -1.95. The summed E-state index contributed by atoms with van der Waals surface area (Å²) in [6.45, 7) is 2.28. The minimum absolute atomic E-state index is 0.609. The van der Waals surface area contributed by atoms with Gasteiger partial charge in [0.05, 0.1) is 0 Å². The average Bonchev–Trinajstić information content (AvgIpc) is 3.00. The Hall–Kier alpha value is -3.06. The van der Waals surface area contributed by atoms with Gasteiger partial charge in [-0.25, -0.2) is 0 Å². The maximum absolute atomic E-state index is 2.39. The molecule has 0 saturated heterocycles. The van der Waals surface area contributed by atoms with Gasteiger partial charge < -0.3 is 4.57 Å². The summed E-state index contributed by atoms with van der Waals surface area (Å²) in [4.78, 5) is 0. The number of nitrogens with zero attached hydrogens (tertiary/aromatic N) is 1. The van der Waals surface area contributed by atoms with Crippen LogP contribution < -0.4 is 0 Å². The number of aromatic nitrogens is 1. The summed E-state index contributed by atoms with van der Waals surface area (Å²) in [5, 5.41) is 2.65. The molecule has 4 aromatic rings. The molecule has 0 amide bonds. The van der Waals surface area contributed by atoms with E-state index in [9.17, 15) is 0 Å². The van der Waals surface area contributed by atoms with Crippen molar-refractivity contribution in [3.63, 3.8) is 0 Å². The Morgan fingerprint density at radius 2 is 1.44 bits per heavy atom. The van der Waals surface area contributed by atoms with Crippen molar-refractivity contribution in [1.82, 2.24) is 4.57 Å². The van der Waals surface area contributed by atoms with Gasteiger partial charge in [0.2, 0.25) is 0 Å². The normalized spacial score (nSPS) is 16.8. The van der Waals surface area contributed by atoms with Gasteiger partial charge in [0.25, 0.3) is 0 Å². The van der Waals surface area contributed by atoms with Crippen LogP contribution in [0.15, 0.2) is 85.0 Å². The molecular weight excluding hydrogens is 326 g/mol. The highest BCUT2D eigenvalue weighted by Crippen LogP contribution is 2.34. The smallest absolute Gasteiger partial charge is 0.0489 e. The van der Waals surface area contributed by atoms with E-state index in [1.54, 1.807) is 0 Å². The summed E-state index contributed by atoms with van der Waals surface area (Å²) < 4.78 is 2.30. The molecule has 3 aromatic carbocycles. The van der Waals surface area contributed by atoms with Gasteiger partial charge in [-0.1, -0.05) is 67.6 Å². The Kier molecular flexibility index (Phi) is 3.75. The lowest BCUT2D eigenvalue weighted by molar-refractivity contribution is 0.740. The van der Waals surface area contributed by atoms with Gasteiger partial charge in [-0.05, 0) is 58.9 Å². The minimum Gasteiger partial charge on any atom is -0.344 e. The first kappa shape index (κ1) is 16.1. The van der Waals surface area contributed by atoms with Gasteiger partial charge in [0.1, 0.15) is 0 Å². The summed E-state index contributed by atoms with van der Waals surface area (Å²) in [6, 6.07) is 24.3. The number of fused-ring (bicyclic) bond motifs is 3. The van der Waals surface area contributed by atoms with Crippen LogP contribution >= 0.6 is 0 Å². The van der Waals surface area contributed by atoms with E-state index in [1.807, 2.05) is 0 Å². The fraction of sp³-hybridized carbons (Fsp3) is 0.154. The lowest BCUT2D eigenvalue weighted by atomic mass is 9.93. The van der Waals surface area contributed by atoms with Crippen LogP contribution in [0, 0.1) is 5.92 Å². The molecule has 1 aliphatic carbocycles.